The lowest BCUT2D eigenvalue weighted by atomic mass is 10.2. The molecule has 0 radical (unpaired) electrons. The number of benzene rings is 1. The molecule has 2 fully saturated rings. The summed E-state index contributed by atoms with van der Waals surface area (Å²) in [4.78, 5) is 28.6. The topological polar surface area (TPSA) is 83.1 Å². The molecule has 4 rings (SSSR count). The van der Waals surface area contributed by atoms with E-state index in [2.05, 4.69) is 22.5 Å². The van der Waals surface area contributed by atoms with Crippen LogP contribution >= 0.6 is 0 Å². The van der Waals surface area contributed by atoms with Crippen LogP contribution < -0.4 is 20.1 Å². The van der Waals surface area contributed by atoms with Crippen molar-refractivity contribution in [1.29, 1.82) is 0 Å². The van der Waals surface area contributed by atoms with Gasteiger partial charge in [-0.2, -0.15) is 0 Å². The van der Waals surface area contributed by atoms with Gasteiger partial charge in [-0.15, -0.1) is 0 Å². The van der Waals surface area contributed by atoms with Gasteiger partial charge in [0.25, 0.3) is 5.79 Å². The Balaban J connectivity index is 1.25. The van der Waals surface area contributed by atoms with Crippen LogP contribution in [0.3, 0.4) is 0 Å². The molecular weight excluding hydrogens is 384 g/mol. The average molecular weight is 417 g/mol. The van der Waals surface area contributed by atoms with Crippen LogP contribution in [0.4, 0.5) is 10.5 Å². The lowest BCUT2D eigenvalue weighted by molar-refractivity contribution is -0.123. The minimum Gasteiger partial charge on any atom is -0.448 e. The van der Waals surface area contributed by atoms with Crippen LogP contribution in [0.15, 0.2) is 18.2 Å². The van der Waals surface area contributed by atoms with Crippen LogP contribution in [0.1, 0.15) is 46.0 Å². The first-order valence-corrected chi connectivity index (χ1v) is 11.1. The highest BCUT2D eigenvalue weighted by Gasteiger charge is 2.44. The van der Waals surface area contributed by atoms with Crippen molar-refractivity contribution in [3.05, 3.63) is 18.2 Å². The summed E-state index contributed by atoms with van der Waals surface area (Å²) >= 11 is 0. The molecule has 8 heteroatoms. The second-order valence-electron chi connectivity index (χ2n) is 8.55. The molecule has 2 heterocycles. The minimum atomic E-state index is -0.498. The van der Waals surface area contributed by atoms with Crippen LogP contribution in [-0.4, -0.2) is 66.3 Å². The molecule has 30 heavy (non-hydrogen) atoms. The lowest BCUT2D eigenvalue weighted by Crippen LogP contribution is -2.52. The number of nitrogens with one attached hydrogen (secondary N) is 2. The maximum absolute atomic E-state index is 12.7. The van der Waals surface area contributed by atoms with Gasteiger partial charge in [0.2, 0.25) is 5.91 Å². The quantitative estimate of drug-likeness (QED) is 0.771. The standard InChI is InChI=1S/C22H32N4O4/c1-3-16(2)23-20(27)15-25-10-12-26(13-11-25)21(28)24-17-6-7-18-19(14-17)30-22(29-18)8-4-5-9-22/h6-7,14,16H,3-5,8-13,15H2,1-2H3,(H,23,27)(H,24,28). The molecule has 164 valence electrons. The summed E-state index contributed by atoms with van der Waals surface area (Å²) in [7, 11) is 0. The highest BCUT2D eigenvalue weighted by Crippen LogP contribution is 2.47. The van der Waals surface area contributed by atoms with Gasteiger partial charge >= 0.3 is 6.03 Å². The number of hydrogen-bond donors (Lipinski definition) is 2. The van der Waals surface area contributed by atoms with Gasteiger partial charge in [0, 0.05) is 56.8 Å². The van der Waals surface area contributed by atoms with Crippen LogP contribution in [0.2, 0.25) is 0 Å². The van der Waals surface area contributed by atoms with Crippen LogP contribution in [-0.2, 0) is 4.79 Å². The van der Waals surface area contributed by atoms with E-state index in [1.807, 2.05) is 25.1 Å². The Labute approximate surface area is 177 Å². The number of carbonyl (C=O) groups excluding carboxylic acids is 2. The Morgan fingerprint density at radius 2 is 1.80 bits per heavy atom. The molecule has 1 aliphatic carbocycles. The van der Waals surface area contributed by atoms with Gasteiger partial charge in [0.05, 0.1) is 6.54 Å². The van der Waals surface area contributed by atoms with Crippen molar-refractivity contribution >= 4 is 17.6 Å². The number of piperazine rings is 1. The lowest BCUT2D eigenvalue weighted by Gasteiger charge is -2.34. The fraction of sp³-hybridized carbons (Fsp3) is 0.636. The Kier molecular flexibility index (Phi) is 6.04. The molecule has 1 saturated heterocycles. The number of fused-ring (bicyclic) bond motifs is 1. The first kappa shape index (κ1) is 20.8. The minimum absolute atomic E-state index is 0.0441. The number of amides is 3. The summed E-state index contributed by atoms with van der Waals surface area (Å²) in [5.41, 5.74) is 0.702. The van der Waals surface area contributed by atoms with E-state index >= 15 is 0 Å². The van der Waals surface area contributed by atoms with E-state index in [0.29, 0.717) is 44.2 Å². The fourth-order valence-electron chi connectivity index (χ4n) is 4.23. The van der Waals surface area contributed by atoms with Crippen LogP contribution in [0.25, 0.3) is 0 Å². The molecule has 0 aromatic heterocycles. The zero-order valence-electron chi connectivity index (χ0n) is 17.9. The molecule has 3 amide bonds. The van der Waals surface area contributed by atoms with Crippen molar-refractivity contribution in [2.45, 2.75) is 57.8 Å². The van der Waals surface area contributed by atoms with Crippen molar-refractivity contribution in [3.8, 4) is 11.5 Å². The Bertz CT molecular complexity index is 785. The van der Waals surface area contributed by atoms with Crippen molar-refractivity contribution in [3.63, 3.8) is 0 Å². The summed E-state index contributed by atoms with van der Waals surface area (Å²) < 4.78 is 12.1. The predicted molar refractivity (Wildman–Crippen MR) is 114 cm³/mol. The van der Waals surface area contributed by atoms with Gasteiger partial charge < -0.3 is 25.0 Å². The van der Waals surface area contributed by atoms with Gasteiger partial charge in [0.15, 0.2) is 11.5 Å². The zero-order chi connectivity index (χ0) is 21.1. The van der Waals surface area contributed by atoms with Gasteiger partial charge in [-0.3, -0.25) is 9.69 Å². The smallest absolute Gasteiger partial charge is 0.321 e. The number of hydrogen-bond acceptors (Lipinski definition) is 5. The Hall–Kier alpha value is -2.48. The molecule has 8 nitrogen and oxygen atoms in total. The number of rotatable bonds is 5. The molecule has 1 spiro atoms. The van der Waals surface area contributed by atoms with Crippen molar-refractivity contribution in [2.75, 3.05) is 38.0 Å². The third-order valence-corrected chi connectivity index (χ3v) is 6.20. The molecule has 1 aromatic rings. The second kappa shape index (κ2) is 8.71. The van der Waals surface area contributed by atoms with Gasteiger partial charge in [0.1, 0.15) is 0 Å². The van der Waals surface area contributed by atoms with E-state index in [4.69, 9.17) is 9.47 Å². The summed E-state index contributed by atoms with van der Waals surface area (Å²) in [6.45, 7) is 6.99. The number of anilines is 1. The third-order valence-electron chi connectivity index (χ3n) is 6.20. The molecule has 1 saturated carbocycles. The molecule has 3 aliphatic rings. The SMILES string of the molecule is CCC(C)NC(=O)CN1CCN(C(=O)Nc2ccc3c(c2)OC2(CCCC2)O3)CC1. The predicted octanol–water partition coefficient (Wildman–Crippen LogP) is 2.79. The maximum Gasteiger partial charge on any atom is 0.321 e. The second-order valence-corrected chi connectivity index (χ2v) is 8.55. The van der Waals surface area contributed by atoms with Crippen molar-refractivity contribution < 1.29 is 19.1 Å². The largest absolute Gasteiger partial charge is 0.448 e. The van der Waals surface area contributed by atoms with E-state index in [0.717, 1.165) is 37.9 Å². The number of carbonyl (C=O) groups is 2. The molecule has 2 aliphatic heterocycles. The summed E-state index contributed by atoms with van der Waals surface area (Å²) in [5, 5.41) is 5.95. The third kappa shape index (κ3) is 4.64. The summed E-state index contributed by atoms with van der Waals surface area (Å²) in [6.07, 6.45) is 4.96. The Morgan fingerprint density at radius 3 is 2.50 bits per heavy atom. The van der Waals surface area contributed by atoms with E-state index in [9.17, 15) is 9.59 Å². The molecule has 1 atom stereocenters. The van der Waals surface area contributed by atoms with Gasteiger partial charge in [-0.1, -0.05) is 6.92 Å². The first-order valence-electron chi connectivity index (χ1n) is 11.1. The van der Waals surface area contributed by atoms with Crippen LogP contribution in [0, 0.1) is 0 Å². The Morgan fingerprint density at radius 1 is 1.10 bits per heavy atom. The summed E-state index contributed by atoms with van der Waals surface area (Å²) in [6, 6.07) is 5.62. The van der Waals surface area contributed by atoms with E-state index in [1.165, 1.54) is 0 Å². The normalized spacial score (nSPS) is 20.9. The number of urea groups is 1. The van der Waals surface area contributed by atoms with Gasteiger partial charge in [-0.05, 0) is 38.3 Å². The summed E-state index contributed by atoms with van der Waals surface area (Å²) in [5.74, 6) is 0.997. The molecular formula is C22H32N4O4. The van der Waals surface area contributed by atoms with Crippen molar-refractivity contribution in [1.82, 2.24) is 15.1 Å². The van der Waals surface area contributed by atoms with E-state index < -0.39 is 5.79 Å². The van der Waals surface area contributed by atoms with E-state index in [-0.39, 0.29) is 18.0 Å². The number of ether oxygens (including phenoxy) is 2. The molecule has 2 N–H and O–H groups in total. The zero-order valence-corrected chi connectivity index (χ0v) is 17.9. The highest BCUT2D eigenvalue weighted by molar-refractivity contribution is 5.90. The highest BCUT2D eigenvalue weighted by atomic mass is 16.7. The van der Waals surface area contributed by atoms with Crippen molar-refractivity contribution in [2.24, 2.45) is 0 Å². The van der Waals surface area contributed by atoms with Gasteiger partial charge in [-0.25, -0.2) is 4.79 Å². The number of nitrogens with zero attached hydrogens (tertiary/aromatic N) is 2. The monoisotopic (exact) mass is 416 g/mol. The van der Waals surface area contributed by atoms with E-state index in [1.54, 1.807) is 4.90 Å². The van der Waals surface area contributed by atoms with Crippen LogP contribution in [0.5, 0.6) is 11.5 Å². The molecule has 0 bridgehead atoms. The first-order chi connectivity index (χ1) is 14.5. The maximum atomic E-state index is 12.7. The fourth-order valence-corrected chi connectivity index (χ4v) is 4.23. The molecule has 1 aromatic carbocycles. The average Bonchev–Trinajstić information content (AvgIpc) is 3.33. The molecule has 1 unspecified atom stereocenters.